The fraction of sp³-hybridized carbons (Fsp3) is 0.188. The lowest BCUT2D eigenvalue weighted by molar-refractivity contribution is -0.438. The van der Waals surface area contributed by atoms with E-state index in [0.717, 1.165) is 24.3 Å². The molecule has 0 unspecified atom stereocenters. The summed E-state index contributed by atoms with van der Waals surface area (Å²) in [5, 5.41) is 0. The van der Waals surface area contributed by atoms with Gasteiger partial charge in [0.15, 0.2) is 18.6 Å². The van der Waals surface area contributed by atoms with Crippen LogP contribution in [0.2, 0.25) is 0 Å². The Hall–Kier alpha value is -1.68. The van der Waals surface area contributed by atoms with E-state index in [1.54, 1.807) is 19.2 Å². The van der Waals surface area contributed by atoms with Crippen LogP contribution in [0, 0.1) is 5.82 Å². The van der Waals surface area contributed by atoms with Crippen molar-refractivity contribution in [1.29, 1.82) is 0 Å². The second kappa shape index (κ2) is 6.18. The maximum atomic E-state index is 13.8. The van der Waals surface area contributed by atoms with Gasteiger partial charge in [0, 0.05) is 12.5 Å². The Kier molecular flexibility index (Phi) is 4.55. The summed E-state index contributed by atoms with van der Waals surface area (Å²) in [7, 11) is 1.66. The molecule has 2 nitrogen and oxygen atoms in total. The lowest BCUT2D eigenvalue weighted by Crippen LogP contribution is -3.00. The van der Waals surface area contributed by atoms with Crippen molar-refractivity contribution in [2.24, 2.45) is 0 Å². The molecule has 0 radical (unpaired) electrons. The van der Waals surface area contributed by atoms with Crippen LogP contribution in [0.3, 0.4) is 0 Å². The molecule has 1 aliphatic heterocycles. The minimum Gasteiger partial charge on any atom is -1.00 e. The number of methoxy groups -OCH3 is 1. The first-order valence-electron chi connectivity index (χ1n) is 6.31. The van der Waals surface area contributed by atoms with Gasteiger partial charge in [0.05, 0.1) is 12.7 Å². The van der Waals surface area contributed by atoms with Crippen molar-refractivity contribution in [2.45, 2.75) is 6.42 Å². The first-order valence-corrected chi connectivity index (χ1v) is 6.31. The topological polar surface area (TPSA) is 12.2 Å². The van der Waals surface area contributed by atoms with Gasteiger partial charge in [0.2, 0.25) is 5.69 Å². The second-order valence-corrected chi connectivity index (χ2v) is 4.56. The lowest BCUT2D eigenvalue weighted by atomic mass is 10.0. The van der Waals surface area contributed by atoms with Crippen LogP contribution in [0.25, 0.3) is 0 Å². The number of ether oxygens (including phenoxy) is 1. The zero-order valence-electron chi connectivity index (χ0n) is 11.1. The summed E-state index contributed by atoms with van der Waals surface area (Å²) in [6, 6.07) is 12.9. The summed E-state index contributed by atoms with van der Waals surface area (Å²) in [6.07, 6.45) is 2.85. The first kappa shape index (κ1) is 14.7. The Morgan fingerprint density at radius 2 is 1.90 bits per heavy atom. The largest absolute Gasteiger partial charge is 1.00 e. The van der Waals surface area contributed by atoms with Gasteiger partial charge in [0.25, 0.3) is 0 Å². The molecule has 2 aromatic carbocycles. The number of hydrogen-bond donors (Lipinski definition) is 0. The minimum absolute atomic E-state index is 0. The molecule has 0 N–H and O–H groups in total. The Balaban J connectivity index is 0.00000147. The van der Waals surface area contributed by atoms with E-state index in [1.165, 1.54) is 11.6 Å². The third-order valence-corrected chi connectivity index (χ3v) is 3.45. The van der Waals surface area contributed by atoms with Crippen LogP contribution < -0.4 is 21.7 Å². The second-order valence-electron chi connectivity index (χ2n) is 4.56. The van der Waals surface area contributed by atoms with E-state index in [9.17, 15) is 4.39 Å². The van der Waals surface area contributed by atoms with Gasteiger partial charge in [-0.25, -0.2) is 0 Å². The van der Waals surface area contributed by atoms with Crippen molar-refractivity contribution in [3.63, 3.8) is 0 Å². The summed E-state index contributed by atoms with van der Waals surface area (Å²) in [4.78, 5) is 0. The van der Waals surface area contributed by atoms with Crippen LogP contribution in [0.4, 0.5) is 10.1 Å². The van der Waals surface area contributed by atoms with Crippen LogP contribution >= 0.6 is 0 Å². The zero-order chi connectivity index (χ0) is 13.2. The molecule has 104 valence electrons. The predicted octanol–water partition coefficient (Wildman–Crippen LogP) is 0.157. The van der Waals surface area contributed by atoms with Crippen molar-refractivity contribution in [2.75, 3.05) is 13.7 Å². The van der Waals surface area contributed by atoms with E-state index in [2.05, 4.69) is 6.07 Å². The number of fused-ring (bicyclic) bond motifs is 1. The molecule has 20 heavy (non-hydrogen) atoms. The van der Waals surface area contributed by atoms with Crippen molar-refractivity contribution in [1.82, 2.24) is 0 Å². The number of hydrogen-bond acceptors (Lipinski definition) is 1. The highest BCUT2D eigenvalue weighted by Gasteiger charge is 2.22. The van der Waals surface area contributed by atoms with E-state index in [1.807, 2.05) is 29.0 Å². The molecule has 2 aromatic rings. The first-order chi connectivity index (χ1) is 9.29. The van der Waals surface area contributed by atoms with Gasteiger partial charge < -0.3 is 21.7 Å². The molecule has 4 heteroatoms. The molecule has 1 aliphatic rings. The standard InChI is InChI=1S/C16H15FNO.BrH/c1-19-16-8-4-5-12-9-10-18(11-13(12)16)15-7-3-2-6-14(15)17;/h2-8,11H,9-10H2,1H3;1H/q+1;/p-1. The number of benzene rings is 2. The van der Waals surface area contributed by atoms with Gasteiger partial charge in [-0.15, -0.1) is 0 Å². The molecule has 0 atom stereocenters. The van der Waals surface area contributed by atoms with Crippen LogP contribution in [0.1, 0.15) is 11.1 Å². The maximum Gasteiger partial charge on any atom is 0.241 e. The summed E-state index contributed by atoms with van der Waals surface area (Å²) < 4.78 is 21.2. The third-order valence-electron chi connectivity index (χ3n) is 3.45. The van der Waals surface area contributed by atoms with E-state index in [4.69, 9.17) is 4.74 Å². The highest BCUT2D eigenvalue weighted by molar-refractivity contribution is 5.83. The molecule has 0 aromatic heterocycles. The molecule has 0 saturated carbocycles. The molecule has 0 saturated heterocycles. The van der Waals surface area contributed by atoms with Gasteiger partial charge in [-0.2, -0.15) is 8.97 Å². The highest BCUT2D eigenvalue weighted by Crippen LogP contribution is 2.26. The van der Waals surface area contributed by atoms with Crippen LogP contribution in [0.5, 0.6) is 5.75 Å². The number of para-hydroxylation sites is 1. The molecule has 0 amide bonds. The molecule has 1 heterocycles. The number of nitrogens with zero attached hydrogens (tertiary/aromatic N) is 1. The van der Waals surface area contributed by atoms with Crippen molar-refractivity contribution >= 4 is 11.9 Å². The van der Waals surface area contributed by atoms with Gasteiger partial charge in [-0.05, 0) is 17.7 Å². The van der Waals surface area contributed by atoms with E-state index >= 15 is 0 Å². The molecule has 0 spiro atoms. The Morgan fingerprint density at radius 1 is 1.10 bits per heavy atom. The fourth-order valence-corrected chi connectivity index (χ4v) is 2.47. The molecule has 0 bridgehead atoms. The SMILES string of the molecule is COc1cccc2c1C=[N+](c1ccccc1F)CC2.[Br-]. The lowest BCUT2D eigenvalue weighted by Gasteiger charge is -2.14. The van der Waals surface area contributed by atoms with Crippen molar-refractivity contribution < 1.29 is 30.7 Å². The smallest absolute Gasteiger partial charge is 0.241 e. The Labute approximate surface area is 128 Å². The fourth-order valence-electron chi connectivity index (χ4n) is 2.47. The number of halogens is 2. The highest BCUT2D eigenvalue weighted by atomic mass is 79.9. The monoisotopic (exact) mass is 335 g/mol. The van der Waals surface area contributed by atoms with E-state index < -0.39 is 0 Å². The number of rotatable bonds is 2. The summed E-state index contributed by atoms with van der Waals surface area (Å²) in [6.45, 7) is 0.779. The third kappa shape index (κ3) is 2.61. The molecular formula is C16H15BrFNO. The Bertz CT molecular complexity index is 655. The summed E-state index contributed by atoms with van der Waals surface area (Å²) in [5.41, 5.74) is 2.89. The van der Waals surface area contributed by atoms with Gasteiger partial charge in [0.1, 0.15) is 5.75 Å². The molecule has 3 rings (SSSR count). The minimum atomic E-state index is -0.197. The van der Waals surface area contributed by atoms with Gasteiger partial charge in [-0.1, -0.05) is 24.3 Å². The van der Waals surface area contributed by atoms with E-state index in [0.29, 0.717) is 5.69 Å². The Morgan fingerprint density at radius 3 is 2.65 bits per heavy atom. The predicted molar refractivity (Wildman–Crippen MR) is 73.1 cm³/mol. The average Bonchev–Trinajstić information content (AvgIpc) is 2.46. The molecular weight excluding hydrogens is 321 g/mol. The van der Waals surface area contributed by atoms with Crippen LogP contribution in [-0.2, 0) is 6.42 Å². The quantitative estimate of drug-likeness (QED) is 0.712. The maximum absolute atomic E-state index is 13.8. The summed E-state index contributed by atoms with van der Waals surface area (Å²) >= 11 is 0. The van der Waals surface area contributed by atoms with Crippen molar-refractivity contribution in [3.05, 3.63) is 59.4 Å². The van der Waals surface area contributed by atoms with Gasteiger partial charge >= 0.3 is 0 Å². The molecule has 0 fully saturated rings. The van der Waals surface area contributed by atoms with Crippen LogP contribution in [-0.4, -0.2) is 24.4 Å². The van der Waals surface area contributed by atoms with Crippen LogP contribution in [0.15, 0.2) is 42.5 Å². The zero-order valence-corrected chi connectivity index (χ0v) is 12.7. The normalized spacial score (nSPS) is 13.0. The summed E-state index contributed by atoms with van der Waals surface area (Å²) in [5.74, 6) is 0.635. The average molecular weight is 336 g/mol. The molecule has 0 aliphatic carbocycles. The van der Waals surface area contributed by atoms with Gasteiger partial charge in [-0.3, -0.25) is 0 Å². The van der Waals surface area contributed by atoms with E-state index in [-0.39, 0.29) is 22.8 Å². The van der Waals surface area contributed by atoms with Crippen molar-refractivity contribution in [3.8, 4) is 5.75 Å².